The highest BCUT2D eigenvalue weighted by atomic mass is 16.6. The van der Waals surface area contributed by atoms with Gasteiger partial charge in [0.25, 0.3) is 0 Å². The number of benzene rings is 2. The Morgan fingerprint density at radius 1 is 1.06 bits per heavy atom. The molecule has 0 fully saturated rings. The molecule has 0 saturated heterocycles. The van der Waals surface area contributed by atoms with Gasteiger partial charge >= 0.3 is 5.97 Å². The molecule has 7 nitrogen and oxygen atoms in total. The standard InChI is InChI=1S/C26H27N3O4/c1-5-11-17(6-2)23-27-24(18-12-9-8-10-13-18)29-25(28-23)20-15-14-19(16-21(20)30)33-22(7-3)26(31)32-4/h5-6,8-16,22,30H,7H2,1-4H3/b11-5-,17-6+. The third-order valence-corrected chi connectivity index (χ3v) is 4.91. The van der Waals surface area contributed by atoms with Gasteiger partial charge in [-0.15, -0.1) is 0 Å². The summed E-state index contributed by atoms with van der Waals surface area (Å²) in [4.78, 5) is 25.7. The summed E-state index contributed by atoms with van der Waals surface area (Å²) in [5, 5.41) is 10.8. The lowest BCUT2D eigenvalue weighted by Crippen LogP contribution is -2.27. The molecule has 1 aromatic heterocycles. The fourth-order valence-corrected chi connectivity index (χ4v) is 3.19. The van der Waals surface area contributed by atoms with Crippen LogP contribution in [0.2, 0.25) is 0 Å². The SMILES string of the molecule is C/C=C\C(=C/C)c1nc(-c2ccccc2)nc(-c2ccc(OC(CC)C(=O)OC)cc2O)n1. The molecule has 170 valence electrons. The monoisotopic (exact) mass is 445 g/mol. The molecule has 0 amide bonds. The summed E-state index contributed by atoms with van der Waals surface area (Å²) >= 11 is 0. The molecule has 0 radical (unpaired) electrons. The summed E-state index contributed by atoms with van der Waals surface area (Å²) in [7, 11) is 1.31. The maximum atomic E-state index is 11.8. The van der Waals surface area contributed by atoms with Gasteiger partial charge in [-0.3, -0.25) is 0 Å². The highest BCUT2D eigenvalue weighted by molar-refractivity contribution is 5.75. The average Bonchev–Trinajstić information content (AvgIpc) is 2.85. The number of allylic oxidation sites excluding steroid dienone is 4. The van der Waals surface area contributed by atoms with E-state index in [0.717, 1.165) is 11.1 Å². The number of carbonyl (C=O) groups is 1. The number of hydrogen-bond donors (Lipinski definition) is 1. The first kappa shape index (κ1) is 23.7. The van der Waals surface area contributed by atoms with Crippen LogP contribution in [-0.2, 0) is 9.53 Å². The number of carbonyl (C=O) groups excluding carboxylic acids is 1. The van der Waals surface area contributed by atoms with E-state index in [1.807, 2.05) is 69.3 Å². The summed E-state index contributed by atoms with van der Waals surface area (Å²) in [6, 6.07) is 14.3. The fourth-order valence-electron chi connectivity index (χ4n) is 3.19. The number of methoxy groups -OCH3 is 1. The Labute approximate surface area is 193 Å². The molecule has 0 saturated carbocycles. The molecule has 2 aromatic carbocycles. The Morgan fingerprint density at radius 3 is 2.39 bits per heavy atom. The molecular weight excluding hydrogens is 418 g/mol. The summed E-state index contributed by atoms with van der Waals surface area (Å²) in [6.45, 7) is 5.65. The van der Waals surface area contributed by atoms with Crippen LogP contribution in [0.3, 0.4) is 0 Å². The van der Waals surface area contributed by atoms with E-state index in [2.05, 4.69) is 15.0 Å². The van der Waals surface area contributed by atoms with E-state index >= 15 is 0 Å². The molecule has 1 unspecified atom stereocenters. The zero-order valence-corrected chi connectivity index (χ0v) is 19.1. The fraction of sp³-hybridized carbons (Fsp3) is 0.231. The van der Waals surface area contributed by atoms with Gasteiger partial charge in [-0.1, -0.05) is 55.5 Å². The summed E-state index contributed by atoms with van der Waals surface area (Å²) in [5.74, 6) is 1.11. The van der Waals surface area contributed by atoms with Crippen LogP contribution in [0.5, 0.6) is 11.5 Å². The second-order valence-electron chi connectivity index (χ2n) is 7.13. The number of aromatic hydroxyl groups is 1. The molecule has 0 aliphatic heterocycles. The molecule has 0 bridgehead atoms. The lowest BCUT2D eigenvalue weighted by atomic mass is 10.1. The molecule has 3 rings (SSSR count). The third-order valence-electron chi connectivity index (χ3n) is 4.91. The molecule has 3 aromatic rings. The number of phenolic OH excluding ortho intramolecular Hbond substituents is 1. The van der Waals surface area contributed by atoms with Gasteiger partial charge in [0, 0.05) is 17.2 Å². The Hall–Kier alpha value is -4.00. The lowest BCUT2D eigenvalue weighted by molar-refractivity contribution is -0.148. The van der Waals surface area contributed by atoms with Gasteiger partial charge < -0.3 is 14.6 Å². The first-order valence-corrected chi connectivity index (χ1v) is 10.7. The van der Waals surface area contributed by atoms with Gasteiger partial charge in [0.2, 0.25) is 0 Å². The van der Waals surface area contributed by atoms with Crippen LogP contribution in [0.4, 0.5) is 0 Å². The molecule has 1 heterocycles. The van der Waals surface area contributed by atoms with Gasteiger partial charge in [0.1, 0.15) is 11.5 Å². The molecule has 0 aliphatic carbocycles. The van der Waals surface area contributed by atoms with Crippen molar-refractivity contribution in [1.29, 1.82) is 0 Å². The number of rotatable bonds is 8. The largest absolute Gasteiger partial charge is 0.507 e. The van der Waals surface area contributed by atoms with Crippen LogP contribution in [0.1, 0.15) is 33.0 Å². The molecule has 1 N–H and O–H groups in total. The summed E-state index contributed by atoms with van der Waals surface area (Å²) in [6.07, 6.45) is 5.43. The normalized spacial score (nSPS) is 12.5. The van der Waals surface area contributed by atoms with Crippen molar-refractivity contribution < 1.29 is 19.4 Å². The van der Waals surface area contributed by atoms with Gasteiger partial charge in [-0.25, -0.2) is 19.7 Å². The van der Waals surface area contributed by atoms with E-state index in [1.165, 1.54) is 13.2 Å². The number of phenols is 1. The van der Waals surface area contributed by atoms with Crippen molar-refractivity contribution in [3.8, 4) is 34.3 Å². The Kier molecular flexibility index (Phi) is 7.91. The molecule has 7 heteroatoms. The molecular formula is C26H27N3O4. The molecule has 1 atom stereocenters. The van der Waals surface area contributed by atoms with E-state index in [9.17, 15) is 9.90 Å². The second-order valence-corrected chi connectivity index (χ2v) is 7.13. The maximum absolute atomic E-state index is 11.8. The quantitative estimate of drug-likeness (QED) is 0.375. The Balaban J connectivity index is 2.07. The summed E-state index contributed by atoms with van der Waals surface area (Å²) in [5.41, 5.74) is 2.09. The van der Waals surface area contributed by atoms with Crippen molar-refractivity contribution >= 4 is 11.5 Å². The van der Waals surface area contributed by atoms with E-state index in [0.29, 0.717) is 35.2 Å². The van der Waals surface area contributed by atoms with Gasteiger partial charge in [0.05, 0.1) is 12.7 Å². The number of hydrogen-bond acceptors (Lipinski definition) is 7. The number of ether oxygens (including phenoxy) is 2. The summed E-state index contributed by atoms with van der Waals surface area (Å²) < 4.78 is 10.4. The third kappa shape index (κ3) is 5.63. The van der Waals surface area contributed by atoms with Crippen LogP contribution in [0.25, 0.3) is 28.3 Å². The van der Waals surface area contributed by atoms with Crippen LogP contribution in [0.15, 0.2) is 66.8 Å². The van der Waals surface area contributed by atoms with Crippen LogP contribution in [-0.4, -0.2) is 39.2 Å². The predicted octanol–water partition coefficient (Wildman–Crippen LogP) is 5.22. The number of aromatic nitrogens is 3. The van der Waals surface area contributed by atoms with Gasteiger partial charge in [-0.2, -0.15) is 0 Å². The smallest absolute Gasteiger partial charge is 0.347 e. The first-order valence-electron chi connectivity index (χ1n) is 10.7. The second kappa shape index (κ2) is 11.0. The van der Waals surface area contributed by atoms with Crippen molar-refractivity contribution in [2.45, 2.75) is 33.3 Å². The minimum Gasteiger partial charge on any atom is -0.507 e. The highest BCUT2D eigenvalue weighted by Gasteiger charge is 2.20. The van der Waals surface area contributed by atoms with Gasteiger partial charge in [-0.05, 0) is 32.4 Å². The minimum absolute atomic E-state index is 0.0727. The topological polar surface area (TPSA) is 94.4 Å². The zero-order chi connectivity index (χ0) is 23.8. The van der Waals surface area contributed by atoms with E-state index in [1.54, 1.807) is 12.1 Å². The predicted molar refractivity (Wildman–Crippen MR) is 128 cm³/mol. The molecule has 0 aliphatic rings. The van der Waals surface area contributed by atoms with Crippen LogP contribution >= 0.6 is 0 Å². The van der Waals surface area contributed by atoms with E-state index in [4.69, 9.17) is 9.47 Å². The Morgan fingerprint density at radius 2 is 1.79 bits per heavy atom. The van der Waals surface area contributed by atoms with Crippen molar-refractivity contribution in [2.75, 3.05) is 7.11 Å². The maximum Gasteiger partial charge on any atom is 0.347 e. The lowest BCUT2D eigenvalue weighted by Gasteiger charge is -2.16. The van der Waals surface area contributed by atoms with E-state index < -0.39 is 12.1 Å². The first-order chi connectivity index (χ1) is 16.0. The van der Waals surface area contributed by atoms with Crippen molar-refractivity contribution in [3.63, 3.8) is 0 Å². The van der Waals surface area contributed by atoms with Crippen molar-refractivity contribution in [1.82, 2.24) is 15.0 Å². The molecule has 33 heavy (non-hydrogen) atoms. The number of esters is 1. The average molecular weight is 446 g/mol. The zero-order valence-electron chi connectivity index (χ0n) is 19.1. The van der Waals surface area contributed by atoms with Gasteiger partial charge in [0.15, 0.2) is 23.6 Å². The van der Waals surface area contributed by atoms with Crippen molar-refractivity contribution in [3.05, 3.63) is 72.6 Å². The number of nitrogens with zero attached hydrogens (tertiary/aromatic N) is 3. The molecule has 0 spiro atoms. The van der Waals surface area contributed by atoms with Crippen LogP contribution in [0, 0.1) is 0 Å². The highest BCUT2D eigenvalue weighted by Crippen LogP contribution is 2.32. The van der Waals surface area contributed by atoms with Crippen LogP contribution < -0.4 is 4.74 Å². The Bertz CT molecular complexity index is 1170. The van der Waals surface area contributed by atoms with Crippen molar-refractivity contribution in [2.24, 2.45) is 0 Å². The minimum atomic E-state index is -0.758. The van der Waals surface area contributed by atoms with E-state index in [-0.39, 0.29) is 5.75 Å².